The van der Waals surface area contributed by atoms with E-state index in [9.17, 15) is 35.9 Å². The highest BCUT2D eigenvalue weighted by Gasteiger charge is 2.46. The zero-order chi connectivity index (χ0) is 30.9. The van der Waals surface area contributed by atoms with Gasteiger partial charge in [0.15, 0.2) is 6.04 Å². The Hall–Kier alpha value is -2.50. The molecule has 2 unspecified atom stereocenters. The van der Waals surface area contributed by atoms with E-state index in [0.717, 1.165) is 25.8 Å². The molecule has 0 aliphatic carbocycles. The molecule has 0 bridgehead atoms. The lowest BCUT2D eigenvalue weighted by Gasteiger charge is -2.38. The molecule has 5 nitrogen and oxygen atoms in total. The average molecular weight is 638 g/mol. The van der Waals surface area contributed by atoms with E-state index < -0.39 is 40.8 Å². The van der Waals surface area contributed by atoms with E-state index in [1.807, 2.05) is 4.90 Å². The first-order valence-corrected chi connectivity index (χ1v) is 14.4. The smallest absolute Gasteiger partial charge is 0.340 e. The predicted octanol–water partition coefficient (Wildman–Crippen LogP) is 7.17. The van der Waals surface area contributed by atoms with Gasteiger partial charge in [-0.2, -0.15) is 26.3 Å². The van der Waals surface area contributed by atoms with Gasteiger partial charge < -0.3 is 15.1 Å². The lowest BCUT2D eigenvalue weighted by Crippen LogP contribution is -2.50. The Morgan fingerprint density at radius 3 is 2.10 bits per heavy atom. The van der Waals surface area contributed by atoms with Gasteiger partial charge in [0.25, 0.3) is 0 Å². The van der Waals surface area contributed by atoms with Crippen LogP contribution < -0.4 is 5.32 Å². The highest BCUT2D eigenvalue weighted by Crippen LogP contribution is 2.38. The topological polar surface area (TPSA) is 52.7 Å². The second-order valence-electron chi connectivity index (χ2n) is 11.0. The maximum absolute atomic E-state index is 14.2. The molecule has 2 fully saturated rings. The number of hydrogen-bond donors (Lipinski definition) is 1. The highest BCUT2D eigenvalue weighted by atomic mass is 35.5. The van der Waals surface area contributed by atoms with Crippen LogP contribution in [0.4, 0.5) is 26.3 Å². The Balaban J connectivity index is 1.54. The van der Waals surface area contributed by atoms with Crippen LogP contribution in [0.1, 0.15) is 61.8 Å². The van der Waals surface area contributed by atoms with Gasteiger partial charge in [-0.05, 0) is 74.5 Å². The largest absolute Gasteiger partial charge is 0.416 e. The Labute approximate surface area is 250 Å². The van der Waals surface area contributed by atoms with Crippen LogP contribution in [0.3, 0.4) is 0 Å². The number of piperidine rings is 1. The van der Waals surface area contributed by atoms with E-state index in [4.69, 9.17) is 23.2 Å². The zero-order valence-corrected chi connectivity index (χ0v) is 24.3. The van der Waals surface area contributed by atoms with Gasteiger partial charge in [0.2, 0.25) is 11.8 Å². The van der Waals surface area contributed by atoms with Crippen molar-refractivity contribution >= 4 is 35.0 Å². The van der Waals surface area contributed by atoms with E-state index in [0.29, 0.717) is 55.9 Å². The summed E-state index contributed by atoms with van der Waals surface area (Å²) in [6.07, 6.45) is -6.66. The maximum Gasteiger partial charge on any atom is 0.416 e. The molecule has 0 spiro atoms. The van der Waals surface area contributed by atoms with E-state index in [1.165, 1.54) is 25.1 Å². The summed E-state index contributed by atoms with van der Waals surface area (Å²) < 4.78 is 81.5. The number of nitrogens with zero attached hydrogens (tertiary/aromatic N) is 2. The van der Waals surface area contributed by atoms with Crippen LogP contribution in [0.2, 0.25) is 10.0 Å². The monoisotopic (exact) mass is 637 g/mol. The molecule has 0 aromatic heterocycles. The van der Waals surface area contributed by atoms with Crippen molar-refractivity contribution in [2.24, 2.45) is 0 Å². The SMILES string of the molecule is CC(CCN1CCC(N2CCCC2=O)CC1)(C(=O)NC(c1ccc(C(F)(F)F)cc1)C(F)(F)F)c1ccc(Cl)c(Cl)c1. The van der Waals surface area contributed by atoms with Crippen molar-refractivity contribution in [3.63, 3.8) is 0 Å². The lowest BCUT2D eigenvalue weighted by molar-refractivity contribution is -0.165. The van der Waals surface area contributed by atoms with Gasteiger partial charge in [-0.1, -0.05) is 41.4 Å². The number of hydrogen-bond acceptors (Lipinski definition) is 3. The molecule has 2 aromatic rings. The maximum atomic E-state index is 14.2. The number of amides is 2. The number of halogens is 8. The van der Waals surface area contributed by atoms with Crippen molar-refractivity contribution < 1.29 is 35.9 Å². The van der Waals surface area contributed by atoms with Crippen LogP contribution in [0.5, 0.6) is 0 Å². The first-order valence-electron chi connectivity index (χ1n) is 13.6. The quantitative estimate of drug-likeness (QED) is 0.312. The molecule has 0 radical (unpaired) electrons. The minimum atomic E-state index is -4.98. The number of likely N-dealkylation sites (tertiary alicyclic amines) is 2. The minimum Gasteiger partial charge on any atom is -0.340 e. The summed E-state index contributed by atoms with van der Waals surface area (Å²) in [5.41, 5.74) is -2.78. The number of alkyl halides is 6. The Bertz CT molecular complexity index is 1280. The van der Waals surface area contributed by atoms with Gasteiger partial charge in [0.05, 0.1) is 21.0 Å². The van der Waals surface area contributed by atoms with Crippen molar-refractivity contribution in [3.8, 4) is 0 Å². The zero-order valence-electron chi connectivity index (χ0n) is 22.8. The molecule has 0 saturated carbocycles. The molecule has 2 aliphatic heterocycles. The van der Waals surface area contributed by atoms with Crippen LogP contribution >= 0.6 is 23.2 Å². The van der Waals surface area contributed by atoms with Crippen LogP contribution in [0.15, 0.2) is 42.5 Å². The second kappa shape index (κ2) is 12.6. The third kappa shape index (κ3) is 7.34. The molecule has 2 saturated heterocycles. The standard InChI is InChI=1S/C29H31Cl2F6N3O2/c1-27(20-8-9-22(30)23(31)17-20,12-16-39-14-10-21(11-15-39)40-13-2-3-24(40)41)26(42)38-25(29(35,36)37)18-4-6-19(7-5-18)28(32,33)34/h4-9,17,21,25H,2-3,10-16H2,1H3,(H,38,42). The molecular formula is C29H31Cl2F6N3O2. The van der Waals surface area contributed by atoms with Crippen molar-refractivity contribution in [2.75, 3.05) is 26.2 Å². The van der Waals surface area contributed by atoms with Gasteiger partial charge in [-0.3, -0.25) is 9.59 Å². The van der Waals surface area contributed by atoms with E-state index in [1.54, 1.807) is 0 Å². The number of rotatable bonds is 8. The predicted molar refractivity (Wildman–Crippen MR) is 147 cm³/mol. The van der Waals surface area contributed by atoms with Gasteiger partial charge in [0.1, 0.15) is 0 Å². The molecule has 2 heterocycles. The summed E-state index contributed by atoms with van der Waals surface area (Å²) in [6, 6.07) is 4.57. The summed E-state index contributed by atoms with van der Waals surface area (Å²) in [5.74, 6) is -0.801. The third-order valence-corrected chi connectivity index (χ3v) is 9.01. The van der Waals surface area contributed by atoms with E-state index in [2.05, 4.69) is 10.2 Å². The molecule has 4 rings (SSSR count). The number of carbonyl (C=O) groups excluding carboxylic acids is 2. The van der Waals surface area contributed by atoms with Gasteiger partial charge in [0, 0.05) is 32.1 Å². The molecule has 1 N–H and O–H groups in total. The second-order valence-corrected chi connectivity index (χ2v) is 11.9. The molecule has 2 atom stereocenters. The fourth-order valence-corrected chi connectivity index (χ4v) is 5.93. The summed E-state index contributed by atoms with van der Waals surface area (Å²) in [4.78, 5) is 29.9. The molecule has 2 amide bonds. The number of carbonyl (C=O) groups is 2. The minimum absolute atomic E-state index is 0.124. The Kier molecular flexibility index (Phi) is 9.74. The molecule has 2 aliphatic rings. The summed E-state index contributed by atoms with van der Waals surface area (Å²) in [6.45, 7) is 3.95. The third-order valence-electron chi connectivity index (χ3n) is 8.27. The van der Waals surface area contributed by atoms with Crippen LogP contribution in [-0.2, 0) is 21.2 Å². The number of nitrogens with one attached hydrogen (secondary N) is 1. The number of benzene rings is 2. The van der Waals surface area contributed by atoms with Gasteiger partial charge >= 0.3 is 12.4 Å². The highest BCUT2D eigenvalue weighted by molar-refractivity contribution is 6.42. The fraction of sp³-hybridized carbons (Fsp3) is 0.517. The molecule has 2 aromatic carbocycles. The molecule has 230 valence electrons. The van der Waals surface area contributed by atoms with Crippen molar-refractivity contribution in [3.05, 3.63) is 69.2 Å². The molecule has 42 heavy (non-hydrogen) atoms. The summed E-state index contributed by atoms with van der Waals surface area (Å²) in [7, 11) is 0. The van der Waals surface area contributed by atoms with E-state index >= 15 is 0 Å². The average Bonchev–Trinajstić information content (AvgIpc) is 3.36. The van der Waals surface area contributed by atoms with Crippen LogP contribution in [0.25, 0.3) is 0 Å². The first-order chi connectivity index (χ1) is 19.6. The van der Waals surface area contributed by atoms with Crippen molar-refractivity contribution in [1.82, 2.24) is 15.1 Å². The molecular weight excluding hydrogens is 607 g/mol. The van der Waals surface area contributed by atoms with Gasteiger partial charge in [-0.15, -0.1) is 0 Å². The lowest BCUT2D eigenvalue weighted by atomic mass is 9.78. The first kappa shape index (κ1) is 32.4. The molecule has 13 heteroatoms. The normalized spacial score (nSPS) is 19.5. The van der Waals surface area contributed by atoms with Crippen molar-refractivity contribution in [2.45, 2.75) is 68.9 Å². The Morgan fingerprint density at radius 1 is 0.952 bits per heavy atom. The fourth-order valence-electron chi connectivity index (χ4n) is 5.63. The van der Waals surface area contributed by atoms with Crippen molar-refractivity contribution in [1.29, 1.82) is 0 Å². The summed E-state index contributed by atoms with van der Waals surface area (Å²) in [5, 5.41) is 2.39. The van der Waals surface area contributed by atoms with Gasteiger partial charge in [-0.25, -0.2) is 0 Å². The van der Waals surface area contributed by atoms with E-state index in [-0.39, 0.29) is 28.4 Å². The Morgan fingerprint density at radius 2 is 1.57 bits per heavy atom. The van der Waals surface area contributed by atoms with Crippen LogP contribution in [0, 0.1) is 0 Å². The van der Waals surface area contributed by atoms with Crippen LogP contribution in [-0.4, -0.2) is 60.0 Å². The summed E-state index contributed by atoms with van der Waals surface area (Å²) >= 11 is 12.3.